The van der Waals surface area contributed by atoms with Gasteiger partial charge in [0.1, 0.15) is 5.75 Å². The third-order valence-electron chi connectivity index (χ3n) is 2.73. The van der Waals surface area contributed by atoms with Crippen LogP contribution in [0.1, 0.15) is 31.2 Å². The third-order valence-corrected chi connectivity index (χ3v) is 2.99. The van der Waals surface area contributed by atoms with Gasteiger partial charge >= 0.3 is 0 Å². The van der Waals surface area contributed by atoms with Crippen LogP contribution in [-0.4, -0.2) is 23.4 Å². The molecule has 0 fully saturated rings. The first kappa shape index (κ1) is 14.8. The van der Waals surface area contributed by atoms with E-state index in [1.807, 2.05) is 6.07 Å². The Kier molecular flexibility index (Phi) is 7.26. The van der Waals surface area contributed by atoms with Gasteiger partial charge in [-0.15, -0.1) is 11.6 Å². The molecule has 3 nitrogen and oxygen atoms in total. The predicted octanol–water partition coefficient (Wildman–Crippen LogP) is 2.85. The molecule has 0 aliphatic rings. The number of aromatic hydroxyl groups is 1. The maximum absolute atomic E-state index is 11.6. The van der Waals surface area contributed by atoms with Crippen molar-refractivity contribution >= 4 is 17.5 Å². The molecule has 100 valence electrons. The van der Waals surface area contributed by atoms with Crippen molar-refractivity contribution in [3.63, 3.8) is 0 Å². The Labute approximate surface area is 113 Å². The van der Waals surface area contributed by atoms with Crippen molar-refractivity contribution in [2.45, 2.75) is 32.1 Å². The summed E-state index contributed by atoms with van der Waals surface area (Å²) in [7, 11) is 0. The van der Waals surface area contributed by atoms with Crippen molar-refractivity contribution in [3.05, 3.63) is 29.8 Å². The standard InChI is InChI=1S/C14H20ClNO2/c15-9-5-1-2-6-10-16-14(18)11-12-7-3-4-8-13(12)17/h3-4,7-8,17H,1-2,5-6,9-11H2,(H,16,18). The minimum Gasteiger partial charge on any atom is -0.508 e. The van der Waals surface area contributed by atoms with E-state index in [4.69, 9.17) is 11.6 Å². The van der Waals surface area contributed by atoms with Crippen LogP contribution in [0.2, 0.25) is 0 Å². The molecular formula is C14H20ClNO2. The fourth-order valence-electron chi connectivity index (χ4n) is 1.70. The molecule has 18 heavy (non-hydrogen) atoms. The lowest BCUT2D eigenvalue weighted by atomic mass is 10.1. The van der Waals surface area contributed by atoms with Crippen LogP contribution in [-0.2, 0) is 11.2 Å². The average Bonchev–Trinajstić information content (AvgIpc) is 2.36. The molecule has 0 radical (unpaired) electrons. The minimum absolute atomic E-state index is 0.0474. The van der Waals surface area contributed by atoms with E-state index < -0.39 is 0 Å². The molecule has 0 aromatic heterocycles. The number of unbranched alkanes of at least 4 members (excludes halogenated alkanes) is 3. The molecule has 0 atom stereocenters. The summed E-state index contributed by atoms with van der Waals surface area (Å²) in [5.74, 6) is 0.836. The van der Waals surface area contributed by atoms with Gasteiger partial charge in [-0.3, -0.25) is 4.79 Å². The molecule has 1 aromatic carbocycles. The lowest BCUT2D eigenvalue weighted by molar-refractivity contribution is -0.120. The zero-order valence-corrected chi connectivity index (χ0v) is 11.2. The maximum Gasteiger partial charge on any atom is 0.224 e. The van der Waals surface area contributed by atoms with Gasteiger partial charge in [-0.2, -0.15) is 0 Å². The number of carbonyl (C=O) groups excluding carboxylic acids is 1. The summed E-state index contributed by atoms with van der Waals surface area (Å²) in [5, 5.41) is 12.4. The normalized spacial score (nSPS) is 10.3. The zero-order valence-electron chi connectivity index (χ0n) is 10.5. The predicted molar refractivity (Wildman–Crippen MR) is 74.0 cm³/mol. The summed E-state index contributed by atoms with van der Waals surface area (Å²) in [4.78, 5) is 11.6. The van der Waals surface area contributed by atoms with Crippen LogP contribution in [0.25, 0.3) is 0 Å². The van der Waals surface area contributed by atoms with E-state index in [9.17, 15) is 9.90 Å². The van der Waals surface area contributed by atoms with Crippen LogP contribution in [0.15, 0.2) is 24.3 Å². The quantitative estimate of drug-likeness (QED) is 0.563. The fraction of sp³-hybridized carbons (Fsp3) is 0.500. The first-order valence-electron chi connectivity index (χ1n) is 6.33. The average molecular weight is 270 g/mol. The number of phenols is 1. The van der Waals surface area contributed by atoms with E-state index in [-0.39, 0.29) is 18.1 Å². The topological polar surface area (TPSA) is 49.3 Å². The highest BCUT2D eigenvalue weighted by Crippen LogP contribution is 2.15. The first-order valence-corrected chi connectivity index (χ1v) is 6.87. The molecule has 0 saturated carbocycles. The van der Waals surface area contributed by atoms with E-state index >= 15 is 0 Å². The van der Waals surface area contributed by atoms with E-state index in [1.54, 1.807) is 18.2 Å². The number of rotatable bonds is 8. The van der Waals surface area contributed by atoms with Crippen molar-refractivity contribution in [3.8, 4) is 5.75 Å². The Morgan fingerprint density at radius 2 is 1.89 bits per heavy atom. The van der Waals surface area contributed by atoms with Gasteiger partial charge in [0.05, 0.1) is 6.42 Å². The second-order valence-electron chi connectivity index (χ2n) is 4.26. The van der Waals surface area contributed by atoms with Crippen LogP contribution in [0, 0.1) is 0 Å². The van der Waals surface area contributed by atoms with Crippen molar-refractivity contribution in [1.82, 2.24) is 5.32 Å². The van der Waals surface area contributed by atoms with Crippen LogP contribution >= 0.6 is 11.6 Å². The van der Waals surface area contributed by atoms with E-state index in [0.717, 1.165) is 25.7 Å². The first-order chi connectivity index (χ1) is 8.74. The zero-order chi connectivity index (χ0) is 13.2. The van der Waals surface area contributed by atoms with Crippen LogP contribution in [0.5, 0.6) is 5.75 Å². The van der Waals surface area contributed by atoms with E-state index in [0.29, 0.717) is 18.0 Å². The van der Waals surface area contributed by atoms with Gasteiger partial charge < -0.3 is 10.4 Å². The Balaban J connectivity index is 2.16. The second kappa shape index (κ2) is 8.81. The monoisotopic (exact) mass is 269 g/mol. The van der Waals surface area contributed by atoms with Crippen LogP contribution in [0.3, 0.4) is 0 Å². The van der Waals surface area contributed by atoms with Gasteiger partial charge in [-0.05, 0) is 18.9 Å². The van der Waals surface area contributed by atoms with Crippen molar-refractivity contribution < 1.29 is 9.90 Å². The minimum atomic E-state index is -0.0474. The van der Waals surface area contributed by atoms with Gasteiger partial charge in [0.15, 0.2) is 0 Å². The third kappa shape index (κ3) is 5.92. The molecule has 0 unspecified atom stereocenters. The highest BCUT2D eigenvalue weighted by Gasteiger charge is 2.05. The molecule has 0 spiro atoms. The molecule has 0 heterocycles. The summed E-state index contributed by atoms with van der Waals surface area (Å²) in [6.45, 7) is 0.689. The number of para-hydroxylation sites is 1. The summed E-state index contributed by atoms with van der Waals surface area (Å²) in [6.07, 6.45) is 4.44. The molecule has 0 aliphatic carbocycles. The Morgan fingerprint density at radius 3 is 2.61 bits per heavy atom. The number of hydrogen-bond donors (Lipinski definition) is 2. The smallest absolute Gasteiger partial charge is 0.224 e. The number of amides is 1. The second-order valence-corrected chi connectivity index (χ2v) is 4.64. The summed E-state index contributed by atoms with van der Waals surface area (Å²) in [5.41, 5.74) is 0.664. The van der Waals surface area contributed by atoms with Crippen molar-refractivity contribution in [2.75, 3.05) is 12.4 Å². The largest absolute Gasteiger partial charge is 0.508 e. The van der Waals surface area contributed by atoms with Crippen molar-refractivity contribution in [1.29, 1.82) is 0 Å². The summed E-state index contributed by atoms with van der Waals surface area (Å²) < 4.78 is 0. The number of alkyl halides is 1. The lowest BCUT2D eigenvalue weighted by Crippen LogP contribution is -2.26. The van der Waals surface area contributed by atoms with Crippen LogP contribution in [0.4, 0.5) is 0 Å². The SMILES string of the molecule is O=C(Cc1ccccc1O)NCCCCCCCl. The number of carbonyl (C=O) groups is 1. The van der Waals surface area contributed by atoms with E-state index in [2.05, 4.69) is 5.32 Å². The lowest BCUT2D eigenvalue weighted by Gasteiger charge is -2.06. The highest BCUT2D eigenvalue weighted by molar-refractivity contribution is 6.17. The van der Waals surface area contributed by atoms with Gasteiger partial charge in [-0.1, -0.05) is 31.0 Å². The molecule has 1 amide bonds. The summed E-state index contributed by atoms with van der Waals surface area (Å²) in [6, 6.07) is 6.91. The molecule has 1 rings (SSSR count). The fourth-order valence-corrected chi connectivity index (χ4v) is 1.89. The highest BCUT2D eigenvalue weighted by atomic mass is 35.5. The number of benzene rings is 1. The number of halogens is 1. The van der Waals surface area contributed by atoms with Gasteiger partial charge in [0, 0.05) is 18.0 Å². The van der Waals surface area contributed by atoms with Gasteiger partial charge in [0.25, 0.3) is 0 Å². The van der Waals surface area contributed by atoms with Crippen molar-refractivity contribution in [2.24, 2.45) is 0 Å². The molecule has 0 aliphatic heterocycles. The molecule has 0 saturated heterocycles. The molecule has 4 heteroatoms. The molecule has 0 bridgehead atoms. The number of phenolic OH excluding ortho intramolecular Hbond substituents is 1. The molecule has 1 aromatic rings. The molecule has 2 N–H and O–H groups in total. The maximum atomic E-state index is 11.6. The van der Waals surface area contributed by atoms with E-state index in [1.165, 1.54) is 0 Å². The van der Waals surface area contributed by atoms with Crippen LogP contribution < -0.4 is 5.32 Å². The summed E-state index contributed by atoms with van der Waals surface area (Å²) >= 11 is 5.58. The van der Waals surface area contributed by atoms with Gasteiger partial charge in [0.2, 0.25) is 5.91 Å². The number of hydrogen-bond acceptors (Lipinski definition) is 2. The number of nitrogens with one attached hydrogen (secondary N) is 1. The Morgan fingerprint density at radius 1 is 1.17 bits per heavy atom. The van der Waals surface area contributed by atoms with Gasteiger partial charge in [-0.25, -0.2) is 0 Å². The Bertz CT molecular complexity index is 369. The molecular weight excluding hydrogens is 250 g/mol. The Hall–Kier alpha value is -1.22.